The van der Waals surface area contributed by atoms with Gasteiger partial charge < -0.3 is 9.88 Å². The van der Waals surface area contributed by atoms with Crippen molar-refractivity contribution < 1.29 is 0 Å². The molecule has 1 aromatic heterocycles. The molecule has 0 unspecified atom stereocenters. The fourth-order valence-electron chi connectivity index (χ4n) is 5.66. The molecule has 0 spiro atoms. The molecular weight excluding hydrogens is 306 g/mol. The molecule has 3 aliphatic rings. The minimum absolute atomic E-state index is 0.870. The van der Waals surface area contributed by atoms with Crippen molar-refractivity contribution >= 4 is 10.9 Å². The van der Waals surface area contributed by atoms with E-state index in [1.165, 1.54) is 86.9 Å². The molecule has 0 amide bonds. The van der Waals surface area contributed by atoms with Gasteiger partial charge in [-0.15, -0.1) is 0 Å². The summed E-state index contributed by atoms with van der Waals surface area (Å²) in [4.78, 5) is 9.24. The highest BCUT2D eigenvalue weighted by Crippen LogP contribution is 2.33. The minimum Gasteiger partial charge on any atom is -0.358 e. The maximum Gasteiger partial charge on any atom is 0.0459 e. The second kappa shape index (κ2) is 6.44. The number of fused-ring (bicyclic) bond motifs is 4. The van der Waals surface area contributed by atoms with Crippen LogP contribution in [0, 0.1) is 12.8 Å². The van der Waals surface area contributed by atoms with Crippen molar-refractivity contribution in [3.05, 3.63) is 35.0 Å². The number of hydrogen-bond donors (Lipinski definition) is 1. The summed E-state index contributed by atoms with van der Waals surface area (Å²) in [5.74, 6) is 0.891. The van der Waals surface area contributed by atoms with Gasteiger partial charge in [-0.05, 0) is 69.3 Å². The van der Waals surface area contributed by atoms with Gasteiger partial charge in [-0.1, -0.05) is 18.1 Å². The Labute approximate surface area is 151 Å². The number of nitrogens with zero attached hydrogens (tertiary/aromatic N) is 2. The number of benzene rings is 1. The van der Waals surface area contributed by atoms with Gasteiger partial charge in [-0.3, -0.25) is 4.90 Å². The van der Waals surface area contributed by atoms with Crippen LogP contribution >= 0.6 is 0 Å². The molecule has 134 valence electrons. The molecule has 4 heterocycles. The largest absolute Gasteiger partial charge is 0.358 e. The Hall–Kier alpha value is -1.32. The van der Waals surface area contributed by atoms with Crippen molar-refractivity contribution in [2.45, 2.75) is 58.0 Å². The zero-order valence-corrected chi connectivity index (χ0v) is 15.6. The first-order valence-electron chi connectivity index (χ1n) is 10.3. The summed E-state index contributed by atoms with van der Waals surface area (Å²) >= 11 is 0. The van der Waals surface area contributed by atoms with E-state index in [-0.39, 0.29) is 0 Å². The first-order valence-corrected chi connectivity index (χ1v) is 10.3. The Morgan fingerprint density at radius 2 is 2.00 bits per heavy atom. The lowest BCUT2D eigenvalue weighted by molar-refractivity contribution is 0.0380. The highest BCUT2D eigenvalue weighted by atomic mass is 15.2. The van der Waals surface area contributed by atoms with Crippen LogP contribution in [0.3, 0.4) is 0 Å². The predicted molar refractivity (Wildman–Crippen MR) is 104 cm³/mol. The number of aromatic nitrogens is 1. The van der Waals surface area contributed by atoms with Crippen LogP contribution in [0.5, 0.6) is 0 Å². The van der Waals surface area contributed by atoms with E-state index in [1.807, 2.05) is 0 Å². The Kier molecular flexibility index (Phi) is 4.10. The van der Waals surface area contributed by atoms with Crippen molar-refractivity contribution in [2.24, 2.45) is 5.92 Å². The Balaban J connectivity index is 1.35. The van der Waals surface area contributed by atoms with Crippen molar-refractivity contribution in [1.82, 2.24) is 14.8 Å². The number of nitrogens with one attached hydrogen (secondary N) is 1. The van der Waals surface area contributed by atoms with Gasteiger partial charge >= 0.3 is 0 Å². The lowest BCUT2D eigenvalue weighted by Gasteiger charge is -2.46. The average Bonchev–Trinajstić information content (AvgIpc) is 2.99. The smallest absolute Gasteiger partial charge is 0.0459 e. The SMILES string of the molecule is Cc1ccc2[nH]c3c(c2c1)CN(C[C@@H]1CCCN2CCCC[C@H]12)CC3. The van der Waals surface area contributed by atoms with Gasteiger partial charge in [-0.25, -0.2) is 0 Å². The summed E-state index contributed by atoms with van der Waals surface area (Å²) < 4.78 is 0. The second-order valence-electron chi connectivity index (χ2n) is 8.62. The molecule has 3 aliphatic heterocycles. The van der Waals surface area contributed by atoms with Gasteiger partial charge in [0.1, 0.15) is 0 Å². The molecule has 2 aromatic rings. The summed E-state index contributed by atoms with van der Waals surface area (Å²) in [6, 6.07) is 7.72. The van der Waals surface area contributed by atoms with Crippen molar-refractivity contribution in [3.63, 3.8) is 0 Å². The van der Waals surface area contributed by atoms with Crippen LogP contribution in [-0.2, 0) is 13.0 Å². The third kappa shape index (κ3) is 2.92. The van der Waals surface area contributed by atoms with Crippen molar-refractivity contribution in [1.29, 1.82) is 0 Å². The van der Waals surface area contributed by atoms with Crippen LogP contribution in [0.25, 0.3) is 10.9 Å². The van der Waals surface area contributed by atoms with Crippen LogP contribution in [0.4, 0.5) is 0 Å². The standard InChI is InChI=1S/C22H31N3/c1-16-7-8-20-18(13-16)19-15-24(12-9-21(19)23-20)14-17-5-4-11-25-10-3-2-6-22(17)25/h7-8,13,17,22-23H,2-6,9-12,14-15H2,1H3/t17-,22+/m0/s1. The van der Waals surface area contributed by atoms with E-state index in [1.54, 1.807) is 5.56 Å². The number of H-pyrrole nitrogens is 1. The van der Waals surface area contributed by atoms with Crippen LogP contribution in [0.15, 0.2) is 18.2 Å². The van der Waals surface area contributed by atoms with E-state index in [2.05, 4.69) is 39.9 Å². The molecular formula is C22H31N3. The van der Waals surface area contributed by atoms with Gasteiger partial charge in [0.2, 0.25) is 0 Å². The lowest BCUT2D eigenvalue weighted by atomic mass is 9.83. The van der Waals surface area contributed by atoms with Gasteiger partial charge in [0, 0.05) is 48.7 Å². The van der Waals surface area contributed by atoms with E-state index in [0.29, 0.717) is 0 Å². The topological polar surface area (TPSA) is 22.3 Å². The first kappa shape index (κ1) is 15.9. The van der Waals surface area contributed by atoms with Crippen LogP contribution in [0.1, 0.15) is 48.9 Å². The third-order valence-corrected chi connectivity index (χ3v) is 6.93. The van der Waals surface area contributed by atoms with Crippen molar-refractivity contribution in [2.75, 3.05) is 26.2 Å². The summed E-state index contributed by atoms with van der Waals surface area (Å²) in [7, 11) is 0. The molecule has 0 saturated carbocycles. The molecule has 0 bridgehead atoms. The fraction of sp³-hybridized carbons (Fsp3) is 0.636. The number of hydrogen-bond acceptors (Lipinski definition) is 2. The second-order valence-corrected chi connectivity index (χ2v) is 8.62. The van der Waals surface area contributed by atoms with Crippen LogP contribution < -0.4 is 0 Å². The summed E-state index contributed by atoms with van der Waals surface area (Å²) in [6.07, 6.45) is 8.35. The monoisotopic (exact) mass is 337 g/mol. The average molecular weight is 338 g/mol. The quantitative estimate of drug-likeness (QED) is 0.891. The maximum atomic E-state index is 3.68. The molecule has 0 aliphatic carbocycles. The highest BCUT2D eigenvalue weighted by Gasteiger charge is 2.34. The predicted octanol–water partition coefficient (Wildman–Crippen LogP) is 4.10. The molecule has 2 fully saturated rings. The molecule has 0 radical (unpaired) electrons. The Morgan fingerprint density at radius 3 is 2.96 bits per heavy atom. The van der Waals surface area contributed by atoms with E-state index in [4.69, 9.17) is 0 Å². The van der Waals surface area contributed by atoms with Crippen LogP contribution in [0.2, 0.25) is 0 Å². The van der Waals surface area contributed by atoms with Gasteiger partial charge in [0.05, 0.1) is 0 Å². The summed E-state index contributed by atoms with van der Waals surface area (Å²) in [5.41, 5.74) is 5.76. The summed E-state index contributed by atoms with van der Waals surface area (Å²) in [5, 5.41) is 1.46. The van der Waals surface area contributed by atoms with Gasteiger partial charge in [0.25, 0.3) is 0 Å². The first-order chi connectivity index (χ1) is 12.3. The Morgan fingerprint density at radius 1 is 1.08 bits per heavy atom. The molecule has 1 aromatic carbocycles. The maximum absolute atomic E-state index is 3.68. The van der Waals surface area contributed by atoms with Gasteiger partial charge in [-0.2, -0.15) is 0 Å². The number of piperidine rings is 2. The zero-order valence-electron chi connectivity index (χ0n) is 15.6. The number of rotatable bonds is 2. The zero-order chi connectivity index (χ0) is 16.8. The normalized spacial score (nSPS) is 28.0. The van der Waals surface area contributed by atoms with E-state index in [9.17, 15) is 0 Å². The van der Waals surface area contributed by atoms with Crippen LogP contribution in [-0.4, -0.2) is 47.0 Å². The number of aromatic amines is 1. The van der Waals surface area contributed by atoms with Gasteiger partial charge in [0.15, 0.2) is 0 Å². The molecule has 3 heteroatoms. The minimum atomic E-state index is 0.870. The Bertz CT molecular complexity index is 760. The molecule has 1 N–H and O–H groups in total. The molecule has 5 rings (SSSR count). The summed E-state index contributed by atoms with van der Waals surface area (Å²) in [6.45, 7) is 8.59. The molecule has 2 saturated heterocycles. The fourth-order valence-corrected chi connectivity index (χ4v) is 5.66. The van der Waals surface area contributed by atoms with E-state index in [0.717, 1.165) is 18.5 Å². The lowest BCUT2D eigenvalue weighted by Crippen LogP contribution is -2.51. The molecule has 25 heavy (non-hydrogen) atoms. The van der Waals surface area contributed by atoms with E-state index >= 15 is 0 Å². The molecule has 2 atom stereocenters. The highest BCUT2D eigenvalue weighted by molar-refractivity contribution is 5.85. The van der Waals surface area contributed by atoms with E-state index < -0.39 is 0 Å². The third-order valence-electron chi connectivity index (χ3n) is 6.93. The molecule has 3 nitrogen and oxygen atoms in total. The van der Waals surface area contributed by atoms with Crippen molar-refractivity contribution in [3.8, 4) is 0 Å². The number of aryl methyl sites for hydroxylation is 1.